The zero-order valence-electron chi connectivity index (χ0n) is 9.91. The molecule has 0 saturated heterocycles. The Labute approximate surface area is 109 Å². The molecule has 0 aliphatic carbocycles. The Morgan fingerprint density at radius 2 is 2.22 bits per heavy atom. The van der Waals surface area contributed by atoms with Gasteiger partial charge in [0.25, 0.3) is 5.22 Å². The van der Waals surface area contributed by atoms with Crippen molar-refractivity contribution in [1.29, 1.82) is 0 Å². The van der Waals surface area contributed by atoms with Gasteiger partial charge in [0.1, 0.15) is 11.5 Å². The van der Waals surface area contributed by atoms with Crippen molar-refractivity contribution in [2.45, 2.75) is 17.4 Å². The van der Waals surface area contributed by atoms with E-state index < -0.39 is 5.25 Å². The normalized spacial score (nSPS) is 12.1. The van der Waals surface area contributed by atoms with Gasteiger partial charge >= 0.3 is 5.97 Å². The van der Waals surface area contributed by atoms with Gasteiger partial charge in [0.2, 0.25) is 0 Å². The van der Waals surface area contributed by atoms with E-state index in [0.29, 0.717) is 11.8 Å². The van der Waals surface area contributed by atoms with E-state index in [9.17, 15) is 4.79 Å². The van der Waals surface area contributed by atoms with Crippen LogP contribution in [0.1, 0.15) is 17.7 Å². The van der Waals surface area contributed by atoms with Gasteiger partial charge in [-0.2, -0.15) is 0 Å². The molecule has 2 aromatic rings. The minimum Gasteiger partial charge on any atom is -0.465 e. The van der Waals surface area contributed by atoms with Crippen LogP contribution in [-0.2, 0) is 9.53 Å². The maximum atomic E-state index is 12.0. The van der Waals surface area contributed by atoms with Gasteiger partial charge in [-0.05, 0) is 24.2 Å². The molecule has 1 heterocycles. The average molecular weight is 263 g/mol. The van der Waals surface area contributed by atoms with Crippen LogP contribution in [0.4, 0.5) is 0 Å². The second-order valence-electron chi connectivity index (χ2n) is 3.46. The van der Waals surface area contributed by atoms with E-state index in [4.69, 9.17) is 9.15 Å². The quantitative estimate of drug-likeness (QED) is 0.613. The lowest BCUT2D eigenvalue weighted by atomic mass is 10.1. The van der Waals surface area contributed by atoms with E-state index in [2.05, 4.69) is 4.98 Å². The summed E-state index contributed by atoms with van der Waals surface area (Å²) >= 11 is 1.24. The van der Waals surface area contributed by atoms with Crippen LogP contribution in [0.25, 0.3) is 0 Å². The Balaban J connectivity index is 2.20. The summed E-state index contributed by atoms with van der Waals surface area (Å²) in [6.07, 6.45) is 3.03. The molecular weight excluding hydrogens is 250 g/mol. The molecule has 0 saturated carbocycles. The number of thioether (sulfide) groups is 1. The molecule has 0 N–H and O–H groups in total. The predicted octanol–water partition coefficient (Wildman–Crippen LogP) is 3.07. The van der Waals surface area contributed by atoms with E-state index in [1.54, 1.807) is 13.1 Å². The molecule has 94 valence electrons. The number of hydrogen-bond donors (Lipinski definition) is 0. The third-order valence-electron chi connectivity index (χ3n) is 2.23. The maximum Gasteiger partial charge on any atom is 0.324 e. The van der Waals surface area contributed by atoms with Crippen molar-refractivity contribution in [3.05, 3.63) is 48.4 Å². The third-order valence-corrected chi connectivity index (χ3v) is 3.33. The summed E-state index contributed by atoms with van der Waals surface area (Å²) in [5.74, 6) is -0.285. The second kappa shape index (κ2) is 6.26. The SMILES string of the molecule is CCOC(=O)C(Sc1ncco1)c1ccccc1. The van der Waals surface area contributed by atoms with Gasteiger partial charge in [-0.1, -0.05) is 30.3 Å². The molecular formula is C13H13NO3S. The van der Waals surface area contributed by atoms with Crippen LogP contribution >= 0.6 is 11.8 Å². The number of benzene rings is 1. The number of aromatic nitrogens is 1. The van der Waals surface area contributed by atoms with Gasteiger partial charge in [-0.15, -0.1) is 0 Å². The minimum absolute atomic E-state index is 0.285. The Morgan fingerprint density at radius 3 is 2.83 bits per heavy atom. The van der Waals surface area contributed by atoms with Gasteiger partial charge in [-0.25, -0.2) is 4.98 Å². The molecule has 0 radical (unpaired) electrons. The number of hydrogen-bond acceptors (Lipinski definition) is 5. The molecule has 4 nitrogen and oxygen atoms in total. The van der Waals surface area contributed by atoms with Gasteiger partial charge in [0, 0.05) is 0 Å². The maximum absolute atomic E-state index is 12.0. The fraction of sp³-hybridized carbons (Fsp3) is 0.231. The van der Waals surface area contributed by atoms with Crippen LogP contribution in [0.15, 0.2) is 52.4 Å². The minimum atomic E-state index is -0.454. The molecule has 1 atom stereocenters. The molecule has 18 heavy (non-hydrogen) atoms. The number of nitrogens with zero attached hydrogens (tertiary/aromatic N) is 1. The van der Waals surface area contributed by atoms with Gasteiger partial charge < -0.3 is 9.15 Å². The summed E-state index contributed by atoms with van der Waals surface area (Å²) < 4.78 is 10.2. The van der Waals surface area contributed by atoms with Gasteiger partial charge in [0.05, 0.1) is 12.8 Å². The molecule has 1 unspecified atom stereocenters. The van der Waals surface area contributed by atoms with Crippen LogP contribution in [0.3, 0.4) is 0 Å². The van der Waals surface area contributed by atoms with Crippen LogP contribution in [0.2, 0.25) is 0 Å². The highest BCUT2D eigenvalue weighted by atomic mass is 32.2. The van der Waals surface area contributed by atoms with Crippen LogP contribution in [0, 0.1) is 0 Å². The summed E-state index contributed by atoms with van der Waals surface area (Å²) in [4.78, 5) is 16.0. The second-order valence-corrected chi connectivity index (χ2v) is 4.51. The first-order valence-electron chi connectivity index (χ1n) is 5.59. The molecule has 0 spiro atoms. The standard InChI is InChI=1S/C13H13NO3S/c1-2-16-12(15)11(10-6-4-3-5-7-10)18-13-14-8-9-17-13/h3-9,11H,2H2,1H3. The van der Waals surface area contributed by atoms with Crippen LogP contribution < -0.4 is 0 Å². The smallest absolute Gasteiger partial charge is 0.324 e. The highest BCUT2D eigenvalue weighted by Gasteiger charge is 2.24. The summed E-state index contributed by atoms with van der Waals surface area (Å²) in [7, 11) is 0. The molecule has 2 rings (SSSR count). The van der Waals surface area contributed by atoms with Crippen molar-refractivity contribution < 1.29 is 13.9 Å². The molecule has 0 amide bonds. The lowest BCUT2D eigenvalue weighted by Crippen LogP contribution is -2.13. The van der Waals surface area contributed by atoms with E-state index in [1.165, 1.54) is 18.0 Å². The molecule has 0 aliphatic heterocycles. The first-order chi connectivity index (χ1) is 8.81. The average Bonchev–Trinajstić information content (AvgIpc) is 2.90. The molecule has 5 heteroatoms. The molecule has 1 aromatic carbocycles. The lowest BCUT2D eigenvalue weighted by Gasteiger charge is -2.13. The van der Waals surface area contributed by atoms with Crippen molar-refractivity contribution in [2.24, 2.45) is 0 Å². The Kier molecular flexibility index (Phi) is 4.41. The first kappa shape index (κ1) is 12.7. The summed E-state index contributed by atoms with van der Waals surface area (Å²) in [5, 5.41) is 0.00158. The van der Waals surface area contributed by atoms with Gasteiger partial charge in [0.15, 0.2) is 0 Å². The first-order valence-corrected chi connectivity index (χ1v) is 6.47. The highest BCUT2D eigenvalue weighted by molar-refractivity contribution is 8.00. The number of esters is 1. The van der Waals surface area contributed by atoms with Crippen LogP contribution in [-0.4, -0.2) is 17.6 Å². The third kappa shape index (κ3) is 3.13. The van der Waals surface area contributed by atoms with Gasteiger partial charge in [-0.3, -0.25) is 4.79 Å². The molecule has 0 aliphatic rings. The largest absolute Gasteiger partial charge is 0.465 e. The molecule has 0 bridgehead atoms. The fourth-order valence-corrected chi connectivity index (χ4v) is 2.36. The van der Waals surface area contributed by atoms with Crippen LogP contribution in [0.5, 0.6) is 0 Å². The number of ether oxygens (including phenoxy) is 1. The zero-order chi connectivity index (χ0) is 12.8. The van der Waals surface area contributed by atoms with E-state index in [-0.39, 0.29) is 5.97 Å². The zero-order valence-corrected chi connectivity index (χ0v) is 10.7. The fourth-order valence-electron chi connectivity index (χ4n) is 1.47. The predicted molar refractivity (Wildman–Crippen MR) is 68.2 cm³/mol. The highest BCUT2D eigenvalue weighted by Crippen LogP contribution is 2.35. The number of carbonyl (C=O) groups excluding carboxylic acids is 1. The molecule has 1 aromatic heterocycles. The number of oxazole rings is 1. The summed E-state index contributed by atoms with van der Waals surface area (Å²) in [6, 6.07) is 9.45. The topological polar surface area (TPSA) is 52.3 Å². The number of rotatable bonds is 5. The lowest BCUT2D eigenvalue weighted by molar-refractivity contribution is -0.142. The van der Waals surface area contributed by atoms with Crippen molar-refractivity contribution in [3.8, 4) is 0 Å². The van der Waals surface area contributed by atoms with Crippen molar-refractivity contribution in [1.82, 2.24) is 4.98 Å². The monoisotopic (exact) mass is 263 g/mol. The van der Waals surface area contributed by atoms with Crippen molar-refractivity contribution in [3.63, 3.8) is 0 Å². The van der Waals surface area contributed by atoms with E-state index in [0.717, 1.165) is 5.56 Å². The van der Waals surface area contributed by atoms with E-state index >= 15 is 0 Å². The Morgan fingerprint density at radius 1 is 1.44 bits per heavy atom. The Bertz CT molecular complexity index is 484. The summed E-state index contributed by atoms with van der Waals surface area (Å²) in [5.41, 5.74) is 0.874. The Hall–Kier alpha value is -1.75. The number of carbonyl (C=O) groups is 1. The molecule has 0 fully saturated rings. The van der Waals surface area contributed by atoms with E-state index in [1.807, 2.05) is 30.3 Å². The van der Waals surface area contributed by atoms with Crippen molar-refractivity contribution >= 4 is 17.7 Å². The van der Waals surface area contributed by atoms with Crippen molar-refractivity contribution in [2.75, 3.05) is 6.61 Å². The summed E-state index contributed by atoms with van der Waals surface area (Å²) in [6.45, 7) is 2.14.